The average Bonchev–Trinajstić information content (AvgIpc) is 3.20. The summed E-state index contributed by atoms with van der Waals surface area (Å²) >= 11 is 0. The Labute approximate surface area is 246 Å². The van der Waals surface area contributed by atoms with Crippen LogP contribution in [0.15, 0.2) is 54.7 Å². The second-order valence-electron chi connectivity index (χ2n) is 11.1. The molecule has 2 fully saturated rings. The van der Waals surface area contributed by atoms with Gasteiger partial charge in [0.05, 0.1) is 26.0 Å². The first-order chi connectivity index (χ1) is 20.4. The lowest BCUT2D eigenvalue weighted by Crippen LogP contribution is -2.43. The molecule has 0 spiro atoms. The summed E-state index contributed by atoms with van der Waals surface area (Å²) < 4.78 is 25.3. The zero-order valence-corrected chi connectivity index (χ0v) is 24.2. The summed E-state index contributed by atoms with van der Waals surface area (Å²) in [5.74, 6) is -1.03. The monoisotopic (exact) mass is 577 g/mol. The van der Waals surface area contributed by atoms with Crippen molar-refractivity contribution in [3.8, 4) is 22.8 Å². The third-order valence-corrected chi connectivity index (χ3v) is 7.99. The van der Waals surface area contributed by atoms with Crippen molar-refractivity contribution >= 4 is 5.91 Å². The lowest BCUT2D eigenvalue weighted by Gasteiger charge is -2.34. The number of aromatic nitrogens is 1. The van der Waals surface area contributed by atoms with Gasteiger partial charge in [-0.05, 0) is 66.9 Å². The highest BCUT2D eigenvalue weighted by Gasteiger charge is 2.22. The number of hydrogen-bond acceptors (Lipinski definition) is 8. The minimum Gasteiger partial charge on any atom is -0.438 e. The zero-order chi connectivity index (χ0) is 29.5. The van der Waals surface area contributed by atoms with Crippen LogP contribution in [0.1, 0.15) is 34.8 Å². The molecule has 2 aromatic carbocycles. The molecule has 224 valence electrons. The van der Waals surface area contributed by atoms with Crippen LogP contribution in [0.5, 0.6) is 11.6 Å². The van der Waals surface area contributed by atoms with Crippen molar-refractivity contribution in [3.05, 3.63) is 77.2 Å². The Morgan fingerprint density at radius 2 is 1.93 bits per heavy atom. The van der Waals surface area contributed by atoms with Gasteiger partial charge in [-0.3, -0.25) is 19.5 Å². The van der Waals surface area contributed by atoms with E-state index in [1.807, 2.05) is 18.2 Å². The van der Waals surface area contributed by atoms with E-state index in [1.54, 1.807) is 6.07 Å². The molecule has 1 aromatic heterocycles. The number of rotatable bonds is 10. The van der Waals surface area contributed by atoms with Crippen LogP contribution >= 0.6 is 0 Å². The number of amides is 1. The number of nitrogens with zero attached hydrogens (tertiary/aromatic N) is 4. The van der Waals surface area contributed by atoms with Crippen molar-refractivity contribution < 1.29 is 23.8 Å². The van der Waals surface area contributed by atoms with Crippen LogP contribution in [-0.2, 0) is 17.8 Å². The number of β-amino-alcohol motifs (C(OH)–C–C–N with tert-alkyl or cyclic N) is 1. The van der Waals surface area contributed by atoms with Crippen LogP contribution in [-0.4, -0.2) is 95.8 Å². The molecular formula is C32H40FN5O4. The summed E-state index contributed by atoms with van der Waals surface area (Å²) in [6.07, 6.45) is 2.09. The van der Waals surface area contributed by atoms with E-state index < -0.39 is 11.7 Å². The van der Waals surface area contributed by atoms with Crippen molar-refractivity contribution in [2.75, 3.05) is 59.1 Å². The van der Waals surface area contributed by atoms with Gasteiger partial charge < -0.3 is 20.3 Å². The van der Waals surface area contributed by atoms with Crippen LogP contribution in [0.2, 0.25) is 0 Å². The fourth-order valence-electron chi connectivity index (χ4n) is 5.70. The second kappa shape index (κ2) is 14.2. The van der Waals surface area contributed by atoms with Gasteiger partial charge in [-0.15, -0.1) is 0 Å². The molecule has 3 heterocycles. The van der Waals surface area contributed by atoms with Crippen LogP contribution in [0.4, 0.5) is 4.39 Å². The zero-order valence-electron chi connectivity index (χ0n) is 24.2. The molecule has 0 saturated carbocycles. The van der Waals surface area contributed by atoms with Gasteiger partial charge in [0.2, 0.25) is 5.88 Å². The van der Waals surface area contributed by atoms with Gasteiger partial charge in [0.25, 0.3) is 5.91 Å². The molecule has 0 bridgehead atoms. The maximum absolute atomic E-state index is 13.7. The summed E-state index contributed by atoms with van der Waals surface area (Å²) in [5.41, 5.74) is 9.86. The Morgan fingerprint density at radius 1 is 1.10 bits per heavy atom. The van der Waals surface area contributed by atoms with Crippen LogP contribution < -0.4 is 10.5 Å². The normalized spacial score (nSPS) is 19.0. The first-order valence-electron chi connectivity index (χ1n) is 14.6. The second-order valence-corrected chi connectivity index (χ2v) is 11.1. The Morgan fingerprint density at radius 3 is 2.74 bits per heavy atom. The first-order valence-corrected chi connectivity index (χ1v) is 14.6. The number of morpholine rings is 1. The molecule has 1 atom stereocenters. The molecule has 2 saturated heterocycles. The molecule has 10 heteroatoms. The number of aliphatic hydroxyl groups is 1. The van der Waals surface area contributed by atoms with Crippen LogP contribution in [0.3, 0.4) is 0 Å². The van der Waals surface area contributed by atoms with E-state index in [0.29, 0.717) is 25.0 Å². The summed E-state index contributed by atoms with van der Waals surface area (Å²) in [6, 6.07) is 15.6. The Hall–Kier alpha value is -3.41. The lowest BCUT2D eigenvalue weighted by atomic mass is 9.96. The molecule has 0 radical (unpaired) electrons. The highest BCUT2D eigenvalue weighted by molar-refractivity contribution is 5.95. The van der Waals surface area contributed by atoms with Gasteiger partial charge in [-0.1, -0.05) is 30.3 Å². The highest BCUT2D eigenvalue weighted by atomic mass is 19.1. The third kappa shape index (κ3) is 7.70. The minimum absolute atomic E-state index is 0.0335. The molecule has 0 unspecified atom stereocenters. The molecule has 42 heavy (non-hydrogen) atoms. The van der Waals surface area contributed by atoms with E-state index in [2.05, 4.69) is 44.8 Å². The number of carbonyl (C=O) groups excluding carboxylic acids is 1. The quantitative estimate of drug-likeness (QED) is 0.378. The smallest absolute Gasteiger partial charge is 0.254 e. The lowest BCUT2D eigenvalue weighted by molar-refractivity contribution is -0.00431. The van der Waals surface area contributed by atoms with Gasteiger partial charge in [0.1, 0.15) is 17.1 Å². The van der Waals surface area contributed by atoms with Gasteiger partial charge in [0.15, 0.2) is 0 Å². The molecular weight excluding hydrogens is 537 g/mol. The van der Waals surface area contributed by atoms with Crippen LogP contribution in [0.25, 0.3) is 11.1 Å². The van der Waals surface area contributed by atoms with Crippen LogP contribution in [0, 0.1) is 5.82 Å². The van der Waals surface area contributed by atoms with E-state index in [-0.39, 0.29) is 18.1 Å². The standard InChI is InChI=1S/C32H40FN5O4/c1-23-22-41-15-13-38(23)21-26-16-24(20-37-9-3-8-36(10-11-37)12-14-39)6-7-29(26)25-4-2-5-28(17-25)42-32-30(31(34)40)18-27(33)19-35-32/h2,4-7,16-19,23,39H,3,8-15,20-22H2,1H3,(H2,34,40)/t23-/m0/s1. The number of pyridine rings is 1. The summed E-state index contributed by atoms with van der Waals surface area (Å²) in [4.78, 5) is 23.1. The highest BCUT2D eigenvalue weighted by Crippen LogP contribution is 2.32. The SMILES string of the molecule is C[C@H]1COCCN1Cc1cc(CN2CCCN(CCO)CC2)ccc1-c1cccc(Oc2ncc(F)cc2C(N)=O)c1. The Balaban J connectivity index is 1.41. The van der Waals surface area contributed by atoms with Gasteiger partial charge in [0, 0.05) is 45.3 Å². The topological polar surface area (TPSA) is 104 Å². The van der Waals surface area contributed by atoms with Crippen molar-refractivity contribution in [3.63, 3.8) is 0 Å². The maximum atomic E-state index is 13.7. The number of nitrogens with two attached hydrogens (primary N) is 1. The third-order valence-electron chi connectivity index (χ3n) is 7.99. The summed E-state index contributed by atoms with van der Waals surface area (Å²) in [6.45, 7) is 11.1. The average molecular weight is 578 g/mol. The Bertz CT molecular complexity index is 1370. The maximum Gasteiger partial charge on any atom is 0.254 e. The number of ether oxygens (including phenoxy) is 2. The molecule has 9 nitrogen and oxygen atoms in total. The number of carbonyl (C=O) groups is 1. The van der Waals surface area contributed by atoms with Gasteiger partial charge >= 0.3 is 0 Å². The molecule has 5 rings (SSSR count). The molecule has 2 aliphatic heterocycles. The number of aliphatic hydroxyl groups excluding tert-OH is 1. The fourth-order valence-corrected chi connectivity index (χ4v) is 5.70. The molecule has 1 amide bonds. The van der Waals surface area contributed by atoms with Crippen molar-refractivity contribution in [2.24, 2.45) is 5.73 Å². The van der Waals surface area contributed by atoms with E-state index in [4.69, 9.17) is 15.2 Å². The summed E-state index contributed by atoms with van der Waals surface area (Å²) in [5, 5.41) is 9.34. The molecule has 3 aromatic rings. The summed E-state index contributed by atoms with van der Waals surface area (Å²) in [7, 11) is 0. The predicted molar refractivity (Wildman–Crippen MR) is 159 cm³/mol. The number of halogens is 1. The fraction of sp³-hybridized carbons (Fsp3) is 0.438. The van der Waals surface area contributed by atoms with Gasteiger partial charge in [-0.25, -0.2) is 9.37 Å². The van der Waals surface area contributed by atoms with E-state index >= 15 is 0 Å². The number of primary amides is 1. The molecule has 3 N–H and O–H groups in total. The van der Waals surface area contributed by atoms with E-state index in [9.17, 15) is 14.3 Å². The number of hydrogen-bond donors (Lipinski definition) is 2. The molecule has 0 aliphatic carbocycles. The minimum atomic E-state index is -0.809. The van der Waals surface area contributed by atoms with Crippen molar-refractivity contribution in [2.45, 2.75) is 32.5 Å². The first kappa shape index (κ1) is 30.1. The molecule has 2 aliphatic rings. The largest absolute Gasteiger partial charge is 0.438 e. The van der Waals surface area contributed by atoms with Crippen molar-refractivity contribution in [1.29, 1.82) is 0 Å². The van der Waals surface area contributed by atoms with E-state index in [1.165, 1.54) is 11.1 Å². The van der Waals surface area contributed by atoms with E-state index in [0.717, 1.165) is 82.2 Å². The Kier molecular flexibility index (Phi) is 10.1. The number of benzene rings is 2. The van der Waals surface area contributed by atoms with Gasteiger partial charge in [-0.2, -0.15) is 0 Å². The predicted octanol–water partition coefficient (Wildman–Crippen LogP) is 3.50. The van der Waals surface area contributed by atoms with Crippen molar-refractivity contribution in [1.82, 2.24) is 19.7 Å².